The molecule has 0 saturated heterocycles. The molecule has 5 heteroatoms. The van der Waals surface area contributed by atoms with E-state index in [1.165, 1.54) is 24.1 Å². The summed E-state index contributed by atoms with van der Waals surface area (Å²) in [7, 11) is 1.73. The summed E-state index contributed by atoms with van der Waals surface area (Å²) in [6.07, 6.45) is 4.54. The number of aromatic nitrogens is 2. The Labute approximate surface area is 133 Å². The van der Waals surface area contributed by atoms with Crippen LogP contribution in [-0.2, 0) is 11.3 Å². The van der Waals surface area contributed by atoms with E-state index in [9.17, 15) is 0 Å². The van der Waals surface area contributed by atoms with E-state index >= 15 is 0 Å². The van der Waals surface area contributed by atoms with Crippen LogP contribution in [0.15, 0.2) is 34.9 Å². The van der Waals surface area contributed by atoms with Crippen LogP contribution in [-0.4, -0.2) is 30.0 Å². The second kappa shape index (κ2) is 6.73. The molecular formula is C16H20BrN3O. The highest BCUT2D eigenvalue weighted by atomic mass is 79.9. The van der Waals surface area contributed by atoms with E-state index in [-0.39, 0.29) is 0 Å². The molecule has 1 saturated carbocycles. The number of benzene rings is 1. The molecule has 1 aliphatic rings. The molecule has 112 valence electrons. The fourth-order valence-corrected chi connectivity index (χ4v) is 2.77. The van der Waals surface area contributed by atoms with Gasteiger partial charge >= 0.3 is 0 Å². The van der Waals surface area contributed by atoms with Crippen LogP contribution in [0.4, 0.5) is 0 Å². The zero-order chi connectivity index (χ0) is 14.7. The predicted molar refractivity (Wildman–Crippen MR) is 86.8 cm³/mol. The number of nitrogens with zero attached hydrogens (tertiary/aromatic N) is 2. The molecule has 0 aliphatic heterocycles. The molecule has 21 heavy (non-hydrogen) atoms. The van der Waals surface area contributed by atoms with Crippen LogP contribution in [0.2, 0.25) is 0 Å². The summed E-state index contributed by atoms with van der Waals surface area (Å²) in [6.45, 7) is 2.45. The summed E-state index contributed by atoms with van der Waals surface area (Å²) >= 11 is 3.48. The Morgan fingerprint density at radius 2 is 2.10 bits per heavy atom. The Hall–Kier alpha value is -1.17. The van der Waals surface area contributed by atoms with Gasteiger partial charge in [0.2, 0.25) is 0 Å². The average Bonchev–Trinajstić information content (AvgIpc) is 3.25. The minimum absolute atomic E-state index is 0.662. The lowest BCUT2D eigenvalue weighted by molar-refractivity contribution is 0.199. The van der Waals surface area contributed by atoms with Gasteiger partial charge in [-0.2, -0.15) is 5.10 Å². The molecule has 1 N–H and O–H groups in total. The third-order valence-corrected chi connectivity index (χ3v) is 4.25. The van der Waals surface area contributed by atoms with Crippen molar-refractivity contribution in [2.24, 2.45) is 0 Å². The third-order valence-electron chi connectivity index (χ3n) is 3.72. The highest BCUT2D eigenvalue weighted by Gasteiger charge is 2.30. The summed E-state index contributed by atoms with van der Waals surface area (Å²) in [5.74, 6) is 0.662. The lowest BCUT2D eigenvalue weighted by atomic mass is 10.1. The summed E-state index contributed by atoms with van der Waals surface area (Å²) in [4.78, 5) is 0. The van der Waals surface area contributed by atoms with Crippen LogP contribution in [0.1, 0.15) is 30.0 Å². The first-order valence-electron chi connectivity index (χ1n) is 7.32. The Bertz CT molecular complexity index is 590. The Morgan fingerprint density at radius 1 is 1.33 bits per heavy atom. The maximum Gasteiger partial charge on any atom is 0.0649 e. The van der Waals surface area contributed by atoms with Crippen molar-refractivity contribution >= 4 is 15.9 Å². The molecular weight excluding hydrogens is 330 g/mol. The lowest BCUT2D eigenvalue weighted by Gasteiger charge is -2.10. The van der Waals surface area contributed by atoms with Gasteiger partial charge in [0, 0.05) is 36.2 Å². The molecule has 0 radical (unpaired) electrons. The first kappa shape index (κ1) is 14.8. The number of methoxy groups -OCH3 is 1. The van der Waals surface area contributed by atoms with Gasteiger partial charge in [0.1, 0.15) is 0 Å². The number of ether oxygens (including phenoxy) is 1. The number of halogens is 1. The first-order valence-corrected chi connectivity index (χ1v) is 8.11. The van der Waals surface area contributed by atoms with Crippen molar-refractivity contribution in [3.8, 4) is 5.69 Å². The summed E-state index contributed by atoms with van der Waals surface area (Å²) in [5.41, 5.74) is 3.79. The number of hydrogen-bond acceptors (Lipinski definition) is 3. The minimum Gasteiger partial charge on any atom is -0.383 e. The van der Waals surface area contributed by atoms with E-state index in [1.807, 2.05) is 6.20 Å². The monoisotopic (exact) mass is 349 g/mol. The molecule has 1 fully saturated rings. The molecule has 2 aromatic rings. The Kier molecular flexibility index (Phi) is 4.73. The van der Waals surface area contributed by atoms with Gasteiger partial charge in [-0.05, 0) is 37.1 Å². The third kappa shape index (κ3) is 3.54. The topological polar surface area (TPSA) is 39.1 Å². The molecule has 0 bridgehead atoms. The van der Waals surface area contributed by atoms with Crippen molar-refractivity contribution in [2.75, 3.05) is 20.3 Å². The molecule has 1 aliphatic carbocycles. The smallest absolute Gasteiger partial charge is 0.0649 e. The fraction of sp³-hybridized carbons (Fsp3) is 0.438. The molecule has 0 atom stereocenters. The van der Waals surface area contributed by atoms with Crippen LogP contribution >= 0.6 is 15.9 Å². The normalized spacial score (nSPS) is 14.6. The molecule has 1 heterocycles. The summed E-state index contributed by atoms with van der Waals surface area (Å²) in [5, 5.41) is 8.02. The molecule has 0 spiro atoms. The van der Waals surface area contributed by atoms with Crippen molar-refractivity contribution in [1.29, 1.82) is 0 Å². The molecule has 0 amide bonds. The number of hydrogen-bond donors (Lipinski definition) is 1. The van der Waals surface area contributed by atoms with E-state index in [0.717, 1.165) is 29.9 Å². The van der Waals surface area contributed by atoms with Crippen LogP contribution in [0.3, 0.4) is 0 Å². The second-order valence-corrected chi connectivity index (χ2v) is 6.30. The number of rotatable bonds is 7. The summed E-state index contributed by atoms with van der Waals surface area (Å²) < 4.78 is 8.25. The largest absolute Gasteiger partial charge is 0.383 e. The van der Waals surface area contributed by atoms with Crippen LogP contribution in [0.5, 0.6) is 0 Å². The summed E-state index contributed by atoms with van der Waals surface area (Å²) in [6, 6.07) is 8.32. The van der Waals surface area contributed by atoms with Crippen LogP contribution < -0.4 is 5.32 Å². The molecule has 4 nitrogen and oxygen atoms in total. The quantitative estimate of drug-likeness (QED) is 0.780. The lowest BCUT2D eigenvalue weighted by Crippen LogP contribution is -2.19. The van der Waals surface area contributed by atoms with E-state index in [2.05, 4.69) is 55.3 Å². The Balaban J connectivity index is 1.81. The minimum atomic E-state index is 0.662. The predicted octanol–water partition coefficient (Wildman–Crippen LogP) is 3.25. The molecule has 3 rings (SSSR count). The first-order chi connectivity index (χ1) is 10.3. The van der Waals surface area contributed by atoms with Crippen molar-refractivity contribution in [2.45, 2.75) is 25.3 Å². The standard InChI is InChI=1S/C16H20BrN3O/c1-21-9-8-18-10-13-11-19-20(16(13)12-2-3-12)15-6-4-14(17)5-7-15/h4-7,11-12,18H,2-3,8-10H2,1H3. The zero-order valence-corrected chi connectivity index (χ0v) is 13.8. The maximum absolute atomic E-state index is 5.07. The van der Waals surface area contributed by atoms with Gasteiger partial charge in [-0.15, -0.1) is 0 Å². The van der Waals surface area contributed by atoms with E-state index < -0.39 is 0 Å². The van der Waals surface area contributed by atoms with Gasteiger partial charge in [-0.25, -0.2) is 4.68 Å². The van der Waals surface area contributed by atoms with Gasteiger partial charge in [0.05, 0.1) is 24.2 Å². The van der Waals surface area contributed by atoms with Gasteiger partial charge in [-0.1, -0.05) is 15.9 Å². The molecule has 1 aromatic heterocycles. The number of nitrogens with one attached hydrogen (secondary N) is 1. The highest BCUT2D eigenvalue weighted by molar-refractivity contribution is 9.10. The van der Waals surface area contributed by atoms with Crippen molar-refractivity contribution in [1.82, 2.24) is 15.1 Å². The average molecular weight is 350 g/mol. The van der Waals surface area contributed by atoms with Crippen molar-refractivity contribution in [3.63, 3.8) is 0 Å². The molecule has 0 unspecified atom stereocenters. The fourth-order valence-electron chi connectivity index (χ4n) is 2.51. The van der Waals surface area contributed by atoms with E-state index in [1.54, 1.807) is 7.11 Å². The van der Waals surface area contributed by atoms with E-state index in [4.69, 9.17) is 4.74 Å². The van der Waals surface area contributed by atoms with Gasteiger partial charge in [0.15, 0.2) is 0 Å². The van der Waals surface area contributed by atoms with Crippen molar-refractivity contribution in [3.05, 3.63) is 46.2 Å². The zero-order valence-electron chi connectivity index (χ0n) is 12.2. The van der Waals surface area contributed by atoms with Gasteiger partial charge in [-0.3, -0.25) is 0 Å². The second-order valence-electron chi connectivity index (χ2n) is 5.39. The van der Waals surface area contributed by atoms with E-state index in [0.29, 0.717) is 5.92 Å². The maximum atomic E-state index is 5.07. The van der Waals surface area contributed by atoms with Gasteiger partial charge in [0.25, 0.3) is 0 Å². The van der Waals surface area contributed by atoms with Crippen molar-refractivity contribution < 1.29 is 4.74 Å². The van der Waals surface area contributed by atoms with Crippen LogP contribution in [0, 0.1) is 0 Å². The highest BCUT2D eigenvalue weighted by Crippen LogP contribution is 2.42. The SMILES string of the molecule is COCCNCc1cnn(-c2ccc(Br)cc2)c1C1CC1. The van der Waals surface area contributed by atoms with Crippen LogP contribution in [0.25, 0.3) is 5.69 Å². The molecule has 1 aromatic carbocycles. The Morgan fingerprint density at radius 3 is 2.76 bits per heavy atom. The van der Waals surface area contributed by atoms with Gasteiger partial charge < -0.3 is 10.1 Å².